The molecule has 1 aliphatic carbocycles. The van der Waals surface area contributed by atoms with Gasteiger partial charge in [0.05, 0.1) is 27.2 Å². The molecule has 4 rings (SSSR count). The molecule has 0 fully saturated rings. The van der Waals surface area contributed by atoms with Gasteiger partial charge in [0.2, 0.25) is 0 Å². The lowest BCUT2D eigenvalue weighted by molar-refractivity contribution is 0.278. The van der Waals surface area contributed by atoms with E-state index in [0.717, 1.165) is 28.4 Å². The number of allylic oxidation sites excluding steroid dienone is 1. The SMILES string of the molecule is COC1=C(c2ccc(OC)cc2)c2ccccc2C1c1ccc(OC)cc1. The zero-order chi connectivity index (χ0) is 18.8. The fourth-order valence-electron chi connectivity index (χ4n) is 3.80. The van der Waals surface area contributed by atoms with Crippen LogP contribution in [0.3, 0.4) is 0 Å². The van der Waals surface area contributed by atoms with Crippen LogP contribution in [-0.2, 0) is 4.74 Å². The Kier molecular flexibility index (Phi) is 4.59. The molecule has 136 valence electrons. The van der Waals surface area contributed by atoms with Gasteiger partial charge in [-0.15, -0.1) is 0 Å². The van der Waals surface area contributed by atoms with E-state index >= 15 is 0 Å². The van der Waals surface area contributed by atoms with E-state index in [1.165, 1.54) is 16.7 Å². The molecule has 3 aromatic rings. The molecule has 3 aromatic carbocycles. The van der Waals surface area contributed by atoms with Gasteiger partial charge in [0.1, 0.15) is 17.3 Å². The number of ether oxygens (including phenoxy) is 3. The molecule has 0 aromatic heterocycles. The number of fused-ring (bicyclic) bond motifs is 1. The lowest BCUT2D eigenvalue weighted by Gasteiger charge is -2.17. The molecule has 0 heterocycles. The Labute approximate surface area is 159 Å². The van der Waals surface area contributed by atoms with E-state index in [9.17, 15) is 0 Å². The summed E-state index contributed by atoms with van der Waals surface area (Å²) in [4.78, 5) is 0. The second-order valence-corrected chi connectivity index (χ2v) is 6.47. The molecule has 1 atom stereocenters. The fraction of sp³-hybridized carbons (Fsp3) is 0.167. The molecule has 0 amide bonds. The zero-order valence-electron chi connectivity index (χ0n) is 15.7. The minimum absolute atomic E-state index is 0.0641. The van der Waals surface area contributed by atoms with Crippen LogP contribution in [-0.4, -0.2) is 21.3 Å². The largest absolute Gasteiger partial charge is 0.499 e. The number of rotatable bonds is 5. The summed E-state index contributed by atoms with van der Waals surface area (Å²) in [6.07, 6.45) is 0. The standard InChI is InChI=1S/C24H22O3/c1-25-18-12-8-16(9-13-18)22-20-6-4-5-7-21(20)23(24(22)27-3)17-10-14-19(26-2)15-11-17/h4-15,22H,1-3H3. The molecule has 1 aliphatic rings. The van der Waals surface area contributed by atoms with Gasteiger partial charge >= 0.3 is 0 Å². The van der Waals surface area contributed by atoms with E-state index in [0.29, 0.717) is 0 Å². The minimum Gasteiger partial charge on any atom is -0.499 e. The molecule has 27 heavy (non-hydrogen) atoms. The van der Waals surface area contributed by atoms with Gasteiger partial charge in [-0.25, -0.2) is 0 Å². The first-order valence-electron chi connectivity index (χ1n) is 8.92. The van der Waals surface area contributed by atoms with Gasteiger partial charge in [-0.1, -0.05) is 48.5 Å². The van der Waals surface area contributed by atoms with Crippen LogP contribution in [0.2, 0.25) is 0 Å². The first-order chi connectivity index (χ1) is 13.3. The summed E-state index contributed by atoms with van der Waals surface area (Å²) in [6, 6.07) is 24.8. The molecule has 3 heteroatoms. The van der Waals surface area contributed by atoms with Crippen molar-refractivity contribution in [3.8, 4) is 11.5 Å². The van der Waals surface area contributed by atoms with Gasteiger partial charge in [0.25, 0.3) is 0 Å². The summed E-state index contributed by atoms with van der Waals surface area (Å²) in [5.41, 5.74) is 5.90. The van der Waals surface area contributed by atoms with Crippen LogP contribution in [0, 0.1) is 0 Å². The first kappa shape index (κ1) is 17.2. The van der Waals surface area contributed by atoms with E-state index in [2.05, 4.69) is 48.5 Å². The van der Waals surface area contributed by atoms with Crippen molar-refractivity contribution in [1.82, 2.24) is 0 Å². The molecular formula is C24H22O3. The average molecular weight is 358 g/mol. The van der Waals surface area contributed by atoms with Crippen molar-refractivity contribution in [2.45, 2.75) is 5.92 Å². The van der Waals surface area contributed by atoms with Crippen molar-refractivity contribution in [3.63, 3.8) is 0 Å². The molecule has 0 bridgehead atoms. The summed E-state index contributed by atoms with van der Waals surface area (Å²) in [6.45, 7) is 0. The first-order valence-corrected chi connectivity index (χ1v) is 8.92. The quantitative estimate of drug-likeness (QED) is 0.623. The highest BCUT2D eigenvalue weighted by Crippen LogP contribution is 2.48. The monoisotopic (exact) mass is 358 g/mol. The lowest BCUT2D eigenvalue weighted by atomic mass is 9.92. The highest BCUT2D eigenvalue weighted by Gasteiger charge is 2.34. The Hall–Kier alpha value is -3.20. The average Bonchev–Trinajstić information content (AvgIpc) is 3.08. The van der Waals surface area contributed by atoms with Gasteiger partial charge in [0, 0.05) is 5.57 Å². The Morgan fingerprint density at radius 1 is 0.630 bits per heavy atom. The predicted molar refractivity (Wildman–Crippen MR) is 107 cm³/mol. The van der Waals surface area contributed by atoms with Crippen LogP contribution in [0.15, 0.2) is 78.6 Å². The number of hydrogen-bond donors (Lipinski definition) is 0. The van der Waals surface area contributed by atoms with E-state index < -0.39 is 0 Å². The third-order valence-corrected chi connectivity index (χ3v) is 5.10. The highest BCUT2D eigenvalue weighted by molar-refractivity contribution is 5.88. The Morgan fingerprint density at radius 2 is 1.22 bits per heavy atom. The molecule has 0 N–H and O–H groups in total. The molecule has 0 aliphatic heterocycles. The molecule has 1 unspecified atom stereocenters. The summed E-state index contributed by atoms with van der Waals surface area (Å²) in [5, 5.41) is 0. The highest BCUT2D eigenvalue weighted by atomic mass is 16.5. The lowest BCUT2D eigenvalue weighted by Crippen LogP contribution is -2.03. The second-order valence-electron chi connectivity index (χ2n) is 6.47. The van der Waals surface area contributed by atoms with Crippen LogP contribution in [0.4, 0.5) is 0 Å². The summed E-state index contributed by atoms with van der Waals surface area (Å²) < 4.78 is 16.6. The van der Waals surface area contributed by atoms with Crippen molar-refractivity contribution in [2.24, 2.45) is 0 Å². The molecule has 3 nitrogen and oxygen atoms in total. The number of methoxy groups -OCH3 is 3. The van der Waals surface area contributed by atoms with Crippen molar-refractivity contribution >= 4 is 5.57 Å². The van der Waals surface area contributed by atoms with Crippen molar-refractivity contribution in [3.05, 3.63) is 101 Å². The van der Waals surface area contributed by atoms with Crippen LogP contribution in [0.1, 0.15) is 28.2 Å². The van der Waals surface area contributed by atoms with Gasteiger partial charge in [-0.3, -0.25) is 0 Å². The van der Waals surface area contributed by atoms with Crippen LogP contribution >= 0.6 is 0 Å². The number of hydrogen-bond acceptors (Lipinski definition) is 3. The third kappa shape index (κ3) is 2.95. The third-order valence-electron chi connectivity index (χ3n) is 5.10. The number of benzene rings is 3. The molecule has 0 radical (unpaired) electrons. The zero-order valence-corrected chi connectivity index (χ0v) is 15.7. The van der Waals surface area contributed by atoms with Gasteiger partial charge in [-0.2, -0.15) is 0 Å². The van der Waals surface area contributed by atoms with E-state index in [1.54, 1.807) is 21.3 Å². The second kappa shape index (κ2) is 7.20. The summed E-state index contributed by atoms with van der Waals surface area (Å²) >= 11 is 0. The molecular weight excluding hydrogens is 336 g/mol. The van der Waals surface area contributed by atoms with Crippen LogP contribution < -0.4 is 9.47 Å². The summed E-state index contributed by atoms with van der Waals surface area (Å²) in [7, 11) is 5.11. The Balaban J connectivity index is 1.88. The van der Waals surface area contributed by atoms with E-state index in [1.807, 2.05) is 24.3 Å². The van der Waals surface area contributed by atoms with Gasteiger partial charge < -0.3 is 14.2 Å². The maximum atomic E-state index is 5.96. The Morgan fingerprint density at radius 3 is 1.81 bits per heavy atom. The van der Waals surface area contributed by atoms with Crippen LogP contribution in [0.25, 0.3) is 5.57 Å². The maximum absolute atomic E-state index is 5.96. The molecule has 0 spiro atoms. The topological polar surface area (TPSA) is 27.7 Å². The van der Waals surface area contributed by atoms with Crippen molar-refractivity contribution in [1.29, 1.82) is 0 Å². The van der Waals surface area contributed by atoms with E-state index in [-0.39, 0.29) is 5.92 Å². The molecule has 0 saturated heterocycles. The minimum atomic E-state index is 0.0641. The maximum Gasteiger partial charge on any atom is 0.118 e. The van der Waals surface area contributed by atoms with Crippen molar-refractivity contribution < 1.29 is 14.2 Å². The van der Waals surface area contributed by atoms with Crippen molar-refractivity contribution in [2.75, 3.05) is 21.3 Å². The fourth-order valence-corrected chi connectivity index (χ4v) is 3.80. The molecule has 0 saturated carbocycles. The van der Waals surface area contributed by atoms with Crippen LogP contribution in [0.5, 0.6) is 11.5 Å². The van der Waals surface area contributed by atoms with E-state index in [4.69, 9.17) is 14.2 Å². The smallest absolute Gasteiger partial charge is 0.118 e. The Bertz CT molecular complexity index is 969. The van der Waals surface area contributed by atoms with Gasteiger partial charge in [0.15, 0.2) is 0 Å². The van der Waals surface area contributed by atoms with Gasteiger partial charge in [-0.05, 0) is 46.5 Å². The predicted octanol–water partition coefficient (Wildman–Crippen LogP) is 5.26. The summed E-state index contributed by atoms with van der Waals surface area (Å²) in [5.74, 6) is 2.72. The normalized spacial score (nSPS) is 15.4.